The number of H-pyrrole nitrogens is 1. The molecule has 3 heteroatoms. The van der Waals surface area contributed by atoms with Crippen molar-refractivity contribution in [2.75, 3.05) is 13.1 Å². The Morgan fingerprint density at radius 1 is 1.36 bits per heavy atom. The maximum absolute atomic E-state index is 12.9. The molecule has 1 fully saturated rings. The van der Waals surface area contributed by atoms with Crippen LogP contribution in [0.4, 0.5) is 0 Å². The van der Waals surface area contributed by atoms with Crippen molar-refractivity contribution in [3.63, 3.8) is 0 Å². The fourth-order valence-corrected chi connectivity index (χ4v) is 3.56. The van der Waals surface area contributed by atoms with Crippen LogP contribution in [0.5, 0.6) is 0 Å². The summed E-state index contributed by atoms with van der Waals surface area (Å²) in [6.07, 6.45) is 3.51. The van der Waals surface area contributed by atoms with Crippen LogP contribution in [-0.2, 0) is 13.0 Å². The molecule has 0 unspecified atom stereocenters. The molecule has 1 aromatic carbocycles. The predicted molar refractivity (Wildman–Crippen MR) is 92.4 cm³/mol. The minimum atomic E-state index is 0.208. The first-order valence-electron chi connectivity index (χ1n) is 8.45. The van der Waals surface area contributed by atoms with Crippen LogP contribution in [0.1, 0.15) is 43.5 Å². The van der Waals surface area contributed by atoms with Gasteiger partial charge in [0.2, 0.25) is 0 Å². The molecule has 2 heterocycles. The van der Waals surface area contributed by atoms with Gasteiger partial charge in [0.05, 0.1) is 0 Å². The van der Waals surface area contributed by atoms with E-state index in [9.17, 15) is 4.79 Å². The summed E-state index contributed by atoms with van der Waals surface area (Å²) in [6, 6.07) is 6.19. The van der Waals surface area contributed by atoms with E-state index in [1.165, 1.54) is 18.4 Å². The number of aryl methyl sites for hydroxylation is 2. The number of aromatic amines is 1. The normalized spacial score (nSPS) is 19.7. The van der Waals surface area contributed by atoms with Gasteiger partial charge in [-0.15, -0.1) is 0 Å². The Kier molecular flexibility index (Phi) is 4.34. The topological polar surface area (TPSA) is 36.1 Å². The van der Waals surface area contributed by atoms with E-state index in [0.717, 1.165) is 54.1 Å². The zero-order valence-corrected chi connectivity index (χ0v) is 13.9. The van der Waals surface area contributed by atoms with Crippen molar-refractivity contribution in [3.8, 4) is 0 Å². The second-order valence-corrected chi connectivity index (χ2v) is 6.77. The summed E-state index contributed by atoms with van der Waals surface area (Å²) >= 11 is 0. The molecule has 0 saturated carbocycles. The molecule has 22 heavy (non-hydrogen) atoms. The lowest BCUT2D eigenvalue weighted by Gasteiger charge is -2.31. The Balaban J connectivity index is 1.99. The summed E-state index contributed by atoms with van der Waals surface area (Å²) in [5.74, 6) is 0.736. The van der Waals surface area contributed by atoms with Gasteiger partial charge in [-0.3, -0.25) is 9.69 Å². The Hall–Kier alpha value is -1.61. The summed E-state index contributed by atoms with van der Waals surface area (Å²) in [6.45, 7) is 9.44. The van der Waals surface area contributed by atoms with Crippen LogP contribution >= 0.6 is 0 Å². The first kappa shape index (κ1) is 15.3. The second-order valence-electron chi connectivity index (χ2n) is 6.77. The van der Waals surface area contributed by atoms with Crippen LogP contribution in [0.3, 0.4) is 0 Å². The number of rotatable bonds is 3. The minimum absolute atomic E-state index is 0.208. The fourth-order valence-electron chi connectivity index (χ4n) is 3.56. The SMILES string of the molecule is CCc1ccc2[nH]c(C)c(CN3CCC[C@H](C)C3)c(=O)c2c1. The quantitative estimate of drug-likeness (QED) is 0.939. The maximum Gasteiger partial charge on any atom is 0.194 e. The third-order valence-electron chi connectivity index (χ3n) is 4.91. The van der Waals surface area contributed by atoms with E-state index < -0.39 is 0 Å². The smallest absolute Gasteiger partial charge is 0.194 e. The van der Waals surface area contributed by atoms with E-state index in [2.05, 4.69) is 35.9 Å². The van der Waals surface area contributed by atoms with E-state index in [0.29, 0.717) is 0 Å². The molecule has 0 aliphatic carbocycles. The van der Waals surface area contributed by atoms with E-state index in [1.807, 2.05) is 13.0 Å². The molecular weight excluding hydrogens is 272 g/mol. The largest absolute Gasteiger partial charge is 0.358 e. The zero-order valence-electron chi connectivity index (χ0n) is 13.9. The Morgan fingerprint density at radius 3 is 2.91 bits per heavy atom. The molecular formula is C19H26N2O. The fraction of sp³-hybridized carbons (Fsp3) is 0.526. The number of piperidine rings is 1. The van der Waals surface area contributed by atoms with E-state index >= 15 is 0 Å². The lowest BCUT2D eigenvalue weighted by molar-refractivity contribution is 0.176. The molecule has 3 rings (SSSR count). The molecule has 1 aliphatic rings. The molecule has 1 aromatic heterocycles. The molecule has 3 nitrogen and oxygen atoms in total. The highest BCUT2D eigenvalue weighted by Gasteiger charge is 2.19. The van der Waals surface area contributed by atoms with Crippen LogP contribution in [-0.4, -0.2) is 23.0 Å². The van der Waals surface area contributed by atoms with Gasteiger partial charge in [0, 0.05) is 35.2 Å². The van der Waals surface area contributed by atoms with Gasteiger partial charge in [0.25, 0.3) is 0 Å². The molecule has 0 radical (unpaired) electrons. The van der Waals surface area contributed by atoms with Crippen LogP contribution in [0.2, 0.25) is 0 Å². The molecule has 1 aliphatic heterocycles. The monoisotopic (exact) mass is 298 g/mol. The number of aromatic nitrogens is 1. The summed E-state index contributed by atoms with van der Waals surface area (Å²) in [5.41, 5.74) is 4.34. The van der Waals surface area contributed by atoms with Gasteiger partial charge in [0.1, 0.15) is 0 Å². The molecule has 118 valence electrons. The van der Waals surface area contributed by atoms with Crippen molar-refractivity contribution in [1.82, 2.24) is 9.88 Å². The van der Waals surface area contributed by atoms with E-state index in [4.69, 9.17) is 0 Å². The number of likely N-dealkylation sites (tertiary alicyclic amines) is 1. The number of pyridine rings is 1. The predicted octanol–water partition coefficient (Wildman–Crippen LogP) is 3.63. The first-order chi connectivity index (χ1) is 10.6. The maximum atomic E-state index is 12.9. The lowest BCUT2D eigenvalue weighted by Crippen LogP contribution is -2.35. The minimum Gasteiger partial charge on any atom is -0.358 e. The highest BCUT2D eigenvalue weighted by atomic mass is 16.1. The Morgan fingerprint density at radius 2 is 2.18 bits per heavy atom. The van der Waals surface area contributed by atoms with E-state index in [1.54, 1.807) is 0 Å². The molecule has 1 N–H and O–H groups in total. The summed E-state index contributed by atoms with van der Waals surface area (Å²) in [7, 11) is 0. The van der Waals surface area contributed by atoms with Gasteiger partial charge in [0.15, 0.2) is 5.43 Å². The van der Waals surface area contributed by atoms with Crippen LogP contribution in [0, 0.1) is 12.8 Å². The third-order valence-corrected chi connectivity index (χ3v) is 4.91. The molecule has 2 aromatic rings. The van der Waals surface area contributed by atoms with E-state index in [-0.39, 0.29) is 5.43 Å². The number of nitrogens with one attached hydrogen (secondary N) is 1. The Labute approximate surface area is 132 Å². The summed E-state index contributed by atoms with van der Waals surface area (Å²) in [4.78, 5) is 18.8. The van der Waals surface area contributed by atoms with Gasteiger partial charge in [-0.1, -0.05) is 19.9 Å². The van der Waals surface area contributed by atoms with Crippen molar-refractivity contribution in [1.29, 1.82) is 0 Å². The van der Waals surface area contributed by atoms with Crippen molar-refractivity contribution in [2.45, 2.75) is 46.6 Å². The van der Waals surface area contributed by atoms with Gasteiger partial charge >= 0.3 is 0 Å². The molecule has 0 bridgehead atoms. The first-order valence-corrected chi connectivity index (χ1v) is 8.45. The van der Waals surface area contributed by atoms with Crippen LogP contribution in [0.25, 0.3) is 10.9 Å². The molecule has 0 spiro atoms. The third kappa shape index (κ3) is 2.95. The molecule has 0 amide bonds. The molecule has 1 atom stereocenters. The van der Waals surface area contributed by atoms with Gasteiger partial charge in [-0.25, -0.2) is 0 Å². The highest BCUT2D eigenvalue weighted by molar-refractivity contribution is 5.80. The van der Waals surface area contributed by atoms with Gasteiger partial charge in [-0.05, 0) is 56.3 Å². The average molecular weight is 298 g/mol. The summed E-state index contributed by atoms with van der Waals surface area (Å²) in [5, 5.41) is 0.838. The standard InChI is InChI=1S/C19H26N2O/c1-4-15-7-8-18-16(10-15)19(22)17(14(3)20-18)12-21-9-5-6-13(2)11-21/h7-8,10,13H,4-6,9,11-12H2,1-3H3,(H,20,22)/t13-/m0/s1. The Bertz CT molecular complexity index is 732. The van der Waals surface area contributed by atoms with Gasteiger partial charge < -0.3 is 4.98 Å². The summed E-state index contributed by atoms with van der Waals surface area (Å²) < 4.78 is 0. The second kappa shape index (κ2) is 6.25. The van der Waals surface area contributed by atoms with Crippen LogP contribution in [0.15, 0.2) is 23.0 Å². The van der Waals surface area contributed by atoms with Crippen molar-refractivity contribution in [3.05, 3.63) is 45.2 Å². The van der Waals surface area contributed by atoms with Crippen molar-refractivity contribution in [2.24, 2.45) is 5.92 Å². The number of benzene rings is 1. The number of nitrogens with zero attached hydrogens (tertiary/aromatic N) is 1. The molecule has 1 saturated heterocycles. The van der Waals surface area contributed by atoms with Gasteiger partial charge in [-0.2, -0.15) is 0 Å². The van der Waals surface area contributed by atoms with Crippen LogP contribution < -0.4 is 5.43 Å². The van der Waals surface area contributed by atoms with Crippen molar-refractivity contribution < 1.29 is 0 Å². The lowest BCUT2D eigenvalue weighted by atomic mass is 9.99. The highest BCUT2D eigenvalue weighted by Crippen LogP contribution is 2.19. The number of fused-ring (bicyclic) bond motifs is 1. The zero-order chi connectivity index (χ0) is 15.7. The average Bonchev–Trinajstić information content (AvgIpc) is 2.51. The van der Waals surface area contributed by atoms with Crippen molar-refractivity contribution >= 4 is 10.9 Å². The number of hydrogen-bond acceptors (Lipinski definition) is 2. The number of hydrogen-bond donors (Lipinski definition) is 1.